The number of hydrogen-bond donors (Lipinski definition) is 1. The number of hydrogen-bond acceptors (Lipinski definition) is 4. The molecule has 1 aliphatic carbocycles. The smallest absolute Gasteiger partial charge is 0.149 e. The average molecular weight is 237 g/mol. The third kappa shape index (κ3) is 2.88. The van der Waals surface area contributed by atoms with E-state index in [1.54, 1.807) is 6.20 Å². The molecule has 16 heavy (non-hydrogen) atoms. The SMILES string of the molecule is CSC1CCCCC1Nc1cc(C)cnn1. The van der Waals surface area contributed by atoms with Crippen molar-refractivity contribution in [1.82, 2.24) is 10.2 Å². The molecule has 0 aromatic carbocycles. The number of aryl methyl sites for hydroxylation is 1. The van der Waals surface area contributed by atoms with Crippen LogP contribution in [0.4, 0.5) is 5.82 Å². The molecule has 0 spiro atoms. The predicted octanol–water partition coefficient (Wildman–Crippen LogP) is 2.87. The molecule has 1 fully saturated rings. The Morgan fingerprint density at radius 1 is 1.38 bits per heavy atom. The van der Waals surface area contributed by atoms with Gasteiger partial charge in [-0.15, -0.1) is 5.10 Å². The van der Waals surface area contributed by atoms with Crippen molar-refractivity contribution in [2.45, 2.75) is 43.9 Å². The summed E-state index contributed by atoms with van der Waals surface area (Å²) in [6.45, 7) is 2.05. The quantitative estimate of drug-likeness (QED) is 0.877. The monoisotopic (exact) mass is 237 g/mol. The highest BCUT2D eigenvalue weighted by molar-refractivity contribution is 7.99. The van der Waals surface area contributed by atoms with E-state index >= 15 is 0 Å². The van der Waals surface area contributed by atoms with Crippen LogP contribution in [0.5, 0.6) is 0 Å². The van der Waals surface area contributed by atoms with E-state index in [0.717, 1.165) is 16.6 Å². The third-order valence-corrected chi connectivity index (χ3v) is 4.30. The van der Waals surface area contributed by atoms with E-state index < -0.39 is 0 Å². The van der Waals surface area contributed by atoms with E-state index in [2.05, 4.69) is 27.8 Å². The van der Waals surface area contributed by atoms with Crippen molar-refractivity contribution >= 4 is 17.6 Å². The van der Waals surface area contributed by atoms with Gasteiger partial charge in [0.2, 0.25) is 0 Å². The van der Waals surface area contributed by atoms with Crippen LogP contribution in [-0.2, 0) is 0 Å². The maximum atomic E-state index is 4.13. The molecule has 1 aromatic heterocycles. The van der Waals surface area contributed by atoms with Crippen molar-refractivity contribution in [3.8, 4) is 0 Å². The molecule has 3 nitrogen and oxygen atoms in total. The lowest BCUT2D eigenvalue weighted by atomic mass is 9.95. The van der Waals surface area contributed by atoms with Gasteiger partial charge in [-0.3, -0.25) is 0 Å². The molecule has 1 aromatic rings. The Labute approximate surface area is 101 Å². The lowest BCUT2D eigenvalue weighted by Crippen LogP contribution is -2.34. The summed E-state index contributed by atoms with van der Waals surface area (Å²) in [6.07, 6.45) is 9.25. The van der Waals surface area contributed by atoms with Crippen LogP contribution in [-0.4, -0.2) is 27.7 Å². The van der Waals surface area contributed by atoms with Crippen LogP contribution in [0.15, 0.2) is 12.3 Å². The first-order valence-electron chi connectivity index (χ1n) is 5.88. The van der Waals surface area contributed by atoms with Crippen LogP contribution in [0.2, 0.25) is 0 Å². The van der Waals surface area contributed by atoms with Gasteiger partial charge in [0.25, 0.3) is 0 Å². The second kappa shape index (κ2) is 5.53. The summed E-state index contributed by atoms with van der Waals surface area (Å²) in [7, 11) is 0. The van der Waals surface area contributed by atoms with Crippen molar-refractivity contribution in [1.29, 1.82) is 0 Å². The van der Waals surface area contributed by atoms with Gasteiger partial charge in [-0.25, -0.2) is 0 Å². The molecule has 2 atom stereocenters. The van der Waals surface area contributed by atoms with E-state index in [-0.39, 0.29) is 0 Å². The van der Waals surface area contributed by atoms with Crippen molar-refractivity contribution in [2.24, 2.45) is 0 Å². The van der Waals surface area contributed by atoms with Crippen molar-refractivity contribution in [3.63, 3.8) is 0 Å². The first kappa shape index (κ1) is 11.7. The Balaban J connectivity index is 2.02. The molecule has 1 N–H and O–H groups in total. The van der Waals surface area contributed by atoms with Crippen LogP contribution < -0.4 is 5.32 Å². The number of thioether (sulfide) groups is 1. The Morgan fingerprint density at radius 2 is 2.19 bits per heavy atom. The highest BCUT2D eigenvalue weighted by Gasteiger charge is 2.24. The van der Waals surface area contributed by atoms with Gasteiger partial charge in [-0.1, -0.05) is 12.8 Å². The second-order valence-corrected chi connectivity index (χ2v) is 5.50. The fourth-order valence-electron chi connectivity index (χ4n) is 2.27. The summed E-state index contributed by atoms with van der Waals surface area (Å²) >= 11 is 1.97. The molecule has 1 saturated carbocycles. The fraction of sp³-hybridized carbons (Fsp3) is 0.667. The molecule has 0 saturated heterocycles. The number of nitrogens with one attached hydrogen (secondary N) is 1. The zero-order valence-electron chi connectivity index (χ0n) is 9.94. The minimum Gasteiger partial charge on any atom is -0.365 e. The Morgan fingerprint density at radius 3 is 2.94 bits per heavy atom. The molecule has 1 aliphatic rings. The third-order valence-electron chi connectivity index (χ3n) is 3.13. The molecule has 2 unspecified atom stereocenters. The summed E-state index contributed by atoms with van der Waals surface area (Å²) in [5, 5.41) is 12.4. The Kier molecular flexibility index (Phi) is 4.04. The van der Waals surface area contributed by atoms with Gasteiger partial charge in [0.05, 0.1) is 6.20 Å². The van der Waals surface area contributed by atoms with Gasteiger partial charge >= 0.3 is 0 Å². The molecule has 4 heteroatoms. The minimum atomic E-state index is 0.555. The predicted molar refractivity (Wildman–Crippen MR) is 70.0 cm³/mol. The minimum absolute atomic E-state index is 0.555. The van der Waals surface area contributed by atoms with Gasteiger partial charge in [-0.2, -0.15) is 16.9 Å². The normalized spacial score (nSPS) is 25.4. The van der Waals surface area contributed by atoms with Gasteiger partial charge < -0.3 is 5.32 Å². The van der Waals surface area contributed by atoms with Gasteiger partial charge in [0, 0.05) is 11.3 Å². The summed E-state index contributed by atoms with van der Waals surface area (Å²) in [5.74, 6) is 0.922. The standard InChI is InChI=1S/C12H19N3S/c1-9-7-12(15-13-8-9)14-10-5-3-4-6-11(10)16-2/h7-8,10-11H,3-6H2,1-2H3,(H,14,15). The summed E-state index contributed by atoms with van der Waals surface area (Å²) in [4.78, 5) is 0. The van der Waals surface area contributed by atoms with Crippen LogP contribution in [0, 0.1) is 6.92 Å². The van der Waals surface area contributed by atoms with E-state index in [1.165, 1.54) is 25.7 Å². The van der Waals surface area contributed by atoms with Gasteiger partial charge in [0.1, 0.15) is 5.82 Å². The molecule has 0 aliphatic heterocycles. The van der Waals surface area contributed by atoms with Crippen molar-refractivity contribution in [3.05, 3.63) is 17.8 Å². The van der Waals surface area contributed by atoms with Crippen LogP contribution in [0.25, 0.3) is 0 Å². The highest BCUT2D eigenvalue weighted by atomic mass is 32.2. The maximum absolute atomic E-state index is 4.13. The molecule has 2 rings (SSSR count). The van der Waals surface area contributed by atoms with Gasteiger partial charge in [0.15, 0.2) is 0 Å². The van der Waals surface area contributed by atoms with E-state index in [9.17, 15) is 0 Å². The summed E-state index contributed by atoms with van der Waals surface area (Å²) in [5.41, 5.74) is 1.16. The zero-order chi connectivity index (χ0) is 11.4. The maximum Gasteiger partial charge on any atom is 0.149 e. The molecule has 0 bridgehead atoms. The molecular weight excluding hydrogens is 218 g/mol. The van der Waals surface area contributed by atoms with Crippen LogP contribution in [0.3, 0.4) is 0 Å². The zero-order valence-corrected chi connectivity index (χ0v) is 10.8. The van der Waals surface area contributed by atoms with Crippen molar-refractivity contribution in [2.75, 3.05) is 11.6 Å². The first-order valence-corrected chi connectivity index (χ1v) is 7.17. The molecule has 88 valence electrons. The second-order valence-electron chi connectivity index (χ2n) is 4.43. The number of anilines is 1. The average Bonchev–Trinajstić information content (AvgIpc) is 2.30. The summed E-state index contributed by atoms with van der Waals surface area (Å²) in [6, 6.07) is 2.62. The lowest BCUT2D eigenvalue weighted by Gasteiger charge is -2.31. The van der Waals surface area contributed by atoms with E-state index in [4.69, 9.17) is 0 Å². The molecule has 0 amide bonds. The number of aromatic nitrogens is 2. The van der Waals surface area contributed by atoms with Gasteiger partial charge in [-0.05, 0) is 37.7 Å². The highest BCUT2D eigenvalue weighted by Crippen LogP contribution is 2.29. The number of nitrogens with zero attached hydrogens (tertiary/aromatic N) is 2. The lowest BCUT2D eigenvalue weighted by molar-refractivity contribution is 0.474. The first-order chi connectivity index (χ1) is 7.79. The molecular formula is C12H19N3S. The van der Waals surface area contributed by atoms with Crippen molar-refractivity contribution < 1.29 is 0 Å². The van der Waals surface area contributed by atoms with E-state index in [1.807, 2.05) is 18.7 Å². The molecule has 0 radical (unpaired) electrons. The largest absolute Gasteiger partial charge is 0.365 e. The molecule has 1 heterocycles. The summed E-state index contributed by atoms with van der Waals surface area (Å²) < 4.78 is 0. The Bertz CT molecular complexity index is 343. The fourth-order valence-corrected chi connectivity index (χ4v) is 3.20. The van der Waals surface area contributed by atoms with Crippen LogP contribution in [0.1, 0.15) is 31.2 Å². The number of rotatable bonds is 3. The van der Waals surface area contributed by atoms with Crippen LogP contribution >= 0.6 is 11.8 Å². The van der Waals surface area contributed by atoms with E-state index in [0.29, 0.717) is 6.04 Å². The topological polar surface area (TPSA) is 37.8 Å². The Hall–Kier alpha value is -0.770.